The first-order valence-electron chi connectivity index (χ1n) is 7.87. The van der Waals surface area contributed by atoms with E-state index in [1.54, 1.807) is 11.3 Å². The van der Waals surface area contributed by atoms with Crippen molar-refractivity contribution in [1.82, 2.24) is 9.97 Å². The number of nitrogen functional groups attached to an aromatic ring is 1. The number of anilines is 2. The van der Waals surface area contributed by atoms with Crippen LogP contribution in [0.3, 0.4) is 0 Å². The Kier molecular flexibility index (Phi) is 4.02. The summed E-state index contributed by atoms with van der Waals surface area (Å²) >= 11 is 1.73. The monoisotopic (exact) mass is 304 g/mol. The molecule has 4 nitrogen and oxygen atoms in total. The number of nitrogens with zero attached hydrogens (tertiary/aromatic N) is 3. The van der Waals surface area contributed by atoms with Crippen LogP contribution < -0.4 is 10.6 Å². The van der Waals surface area contributed by atoms with Gasteiger partial charge in [-0.2, -0.15) is 4.98 Å². The zero-order valence-electron chi connectivity index (χ0n) is 13.1. The second-order valence-corrected chi connectivity index (χ2v) is 7.34. The van der Waals surface area contributed by atoms with Crippen LogP contribution in [0.4, 0.5) is 11.8 Å². The molecule has 3 rings (SSSR count). The van der Waals surface area contributed by atoms with E-state index in [9.17, 15) is 0 Å². The summed E-state index contributed by atoms with van der Waals surface area (Å²) < 4.78 is 0. The standard InChI is InChI=1S/C16H24N4S/c1-4-12-9-13-14(18-16(17)19-15(13)21-12)20(3)11-7-5-6-10(2)8-11/h9-11H,4-8H2,1-3H3,(H2,17,18,19). The molecule has 0 bridgehead atoms. The molecule has 1 fully saturated rings. The Morgan fingerprint density at radius 3 is 2.90 bits per heavy atom. The molecule has 0 amide bonds. The first kappa shape index (κ1) is 14.6. The number of aromatic nitrogens is 2. The molecule has 0 aromatic carbocycles. The quantitative estimate of drug-likeness (QED) is 0.935. The Hall–Kier alpha value is -1.36. The molecule has 0 spiro atoms. The number of fused-ring (bicyclic) bond motifs is 1. The van der Waals surface area contributed by atoms with Gasteiger partial charge in [-0.1, -0.05) is 26.7 Å². The largest absolute Gasteiger partial charge is 0.368 e. The fourth-order valence-electron chi connectivity index (χ4n) is 3.34. The number of rotatable bonds is 3. The molecule has 2 atom stereocenters. The van der Waals surface area contributed by atoms with E-state index >= 15 is 0 Å². The normalized spacial score (nSPS) is 22.6. The number of hydrogen-bond donors (Lipinski definition) is 1. The van der Waals surface area contributed by atoms with Gasteiger partial charge < -0.3 is 10.6 Å². The van der Waals surface area contributed by atoms with Crippen LogP contribution in [0.1, 0.15) is 44.4 Å². The molecule has 2 aromatic heterocycles. The van der Waals surface area contributed by atoms with Crippen LogP contribution in [-0.2, 0) is 6.42 Å². The van der Waals surface area contributed by atoms with Gasteiger partial charge in [0.1, 0.15) is 10.6 Å². The Labute approximate surface area is 130 Å². The number of aryl methyl sites for hydroxylation is 1. The van der Waals surface area contributed by atoms with Crippen molar-refractivity contribution in [2.75, 3.05) is 17.7 Å². The van der Waals surface area contributed by atoms with E-state index < -0.39 is 0 Å². The number of thiophene rings is 1. The highest BCUT2D eigenvalue weighted by Crippen LogP contribution is 2.35. The van der Waals surface area contributed by atoms with Gasteiger partial charge in [0.05, 0.1) is 5.39 Å². The molecule has 21 heavy (non-hydrogen) atoms. The molecule has 0 aliphatic heterocycles. The van der Waals surface area contributed by atoms with Crippen LogP contribution in [-0.4, -0.2) is 23.1 Å². The van der Waals surface area contributed by atoms with Crippen LogP contribution in [0.15, 0.2) is 6.07 Å². The third kappa shape index (κ3) is 2.84. The van der Waals surface area contributed by atoms with Crippen molar-refractivity contribution in [2.45, 2.75) is 52.0 Å². The Bertz CT molecular complexity index is 636. The summed E-state index contributed by atoms with van der Waals surface area (Å²) in [4.78, 5) is 13.7. The molecule has 2 heterocycles. The average molecular weight is 304 g/mol. The first-order chi connectivity index (χ1) is 10.1. The lowest BCUT2D eigenvalue weighted by Crippen LogP contribution is -2.36. The molecule has 1 aliphatic rings. The Balaban J connectivity index is 1.99. The van der Waals surface area contributed by atoms with E-state index in [2.05, 4.69) is 41.8 Å². The van der Waals surface area contributed by atoms with Crippen molar-refractivity contribution in [3.8, 4) is 0 Å². The predicted octanol–water partition coefficient (Wildman–Crippen LogP) is 3.85. The second-order valence-electron chi connectivity index (χ2n) is 6.23. The van der Waals surface area contributed by atoms with E-state index in [4.69, 9.17) is 5.73 Å². The van der Waals surface area contributed by atoms with E-state index in [1.165, 1.54) is 30.6 Å². The van der Waals surface area contributed by atoms with Gasteiger partial charge >= 0.3 is 0 Å². The van der Waals surface area contributed by atoms with Crippen molar-refractivity contribution >= 4 is 33.3 Å². The number of nitrogens with two attached hydrogens (primary N) is 1. The highest BCUT2D eigenvalue weighted by Gasteiger charge is 2.25. The van der Waals surface area contributed by atoms with Gasteiger partial charge in [0, 0.05) is 18.0 Å². The van der Waals surface area contributed by atoms with Gasteiger partial charge in [-0.3, -0.25) is 0 Å². The van der Waals surface area contributed by atoms with Crippen molar-refractivity contribution < 1.29 is 0 Å². The molecule has 1 saturated carbocycles. The lowest BCUT2D eigenvalue weighted by molar-refractivity contribution is 0.336. The lowest BCUT2D eigenvalue weighted by Gasteiger charge is -2.35. The van der Waals surface area contributed by atoms with Gasteiger partial charge in [0.25, 0.3) is 0 Å². The SMILES string of the molecule is CCc1cc2c(N(C)C3CCCC(C)C3)nc(N)nc2s1. The van der Waals surface area contributed by atoms with Gasteiger partial charge in [-0.25, -0.2) is 4.98 Å². The molecular formula is C16H24N4S. The zero-order valence-corrected chi connectivity index (χ0v) is 13.9. The van der Waals surface area contributed by atoms with E-state index in [0.29, 0.717) is 12.0 Å². The highest BCUT2D eigenvalue weighted by molar-refractivity contribution is 7.18. The maximum Gasteiger partial charge on any atom is 0.223 e. The van der Waals surface area contributed by atoms with Crippen LogP contribution in [0, 0.1) is 5.92 Å². The first-order valence-corrected chi connectivity index (χ1v) is 8.69. The molecule has 114 valence electrons. The summed E-state index contributed by atoms with van der Waals surface area (Å²) in [5.74, 6) is 2.19. The minimum Gasteiger partial charge on any atom is -0.368 e. The summed E-state index contributed by atoms with van der Waals surface area (Å²) in [6, 6.07) is 2.80. The average Bonchev–Trinajstić information content (AvgIpc) is 2.88. The van der Waals surface area contributed by atoms with E-state index in [0.717, 1.165) is 28.4 Å². The molecule has 5 heteroatoms. The van der Waals surface area contributed by atoms with Crippen LogP contribution >= 0.6 is 11.3 Å². The topological polar surface area (TPSA) is 55.0 Å². The summed E-state index contributed by atoms with van der Waals surface area (Å²) in [5.41, 5.74) is 5.93. The molecule has 1 aliphatic carbocycles. The van der Waals surface area contributed by atoms with Gasteiger partial charge in [-0.05, 0) is 31.2 Å². The van der Waals surface area contributed by atoms with Crippen molar-refractivity contribution in [3.63, 3.8) is 0 Å². The zero-order chi connectivity index (χ0) is 15.0. The highest BCUT2D eigenvalue weighted by atomic mass is 32.1. The third-order valence-corrected chi connectivity index (χ3v) is 5.75. The third-order valence-electron chi connectivity index (χ3n) is 4.58. The molecular weight excluding hydrogens is 280 g/mol. The van der Waals surface area contributed by atoms with Gasteiger partial charge in [-0.15, -0.1) is 11.3 Å². The van der Waals surface area contributed by atoms with Gasteiger partial charge in [0.2, 0.25) is 5.95 Å². The van der Waals surface area contributed by atoms with Crippen LogP contribution in [0.2, 0.25) is 0 Å². The molecule has 0 saturated heterocycles. The minimum atomic E-state index is 0.387. The summed E-state index contributed by atoms with van der Waals surface area (Å²) in [6.45, 7) is 4.53. The minimum absolute atomic E-state index is 0.387. The smallest absolute Gasteiger partial charge is 0.223 e. The summed E-state index contributed by atoms with van der Waals surface area (Å²) in [7, 11) is 2.16. The molecule has 2 unspecified atom stereocenters. The van der Waals surface area contributed by atoms with Crippen molar-refractivity contribution in [3.05, 3.63) is 10.9 Å². The maximum absolute atomic E-state index is 5.93. The van der Waals surface area contributed by atoms with E-state index in [-0.39, 0.29) is 0 Å². The predicted molar refractivity (Wildman–Crippen MR) is 91.0 cm³/mol. The number of hydrogen-bond acceptors (Lipinski definition) is 5. The fraction of sp³-hybridized carbons (Fsp3) is 0.625. The van der Waals surface area contributed by atoms with Crippen LogP contribution in [0.5, 0.6) is 0 Å². The van der Waals surface area contributed by atoms with Crippen LogP contribution in [0.25, 0.3) is 10.2 Å². The Morgan fingerprint density at radius 1 is 1.38 bits per heavy atom. The molecule has 0 radical (unpaired) electrons. The lowest BCUT2D eigenvalue weighted by atomic mass is 9.86. The summed E-state index contributed by atoms with van der Waals surface area (Å²) in [5, 5.41) is 1.16. The molecule has 2 N–H and O–H groups in total. The summed E-state index contributed by atoms with van der Waals surface area (Å²) in [6.07, 6.45) is 6.18. The Morgan fingerprint density at radius 2 is 2.19 bits per heavy atom. The van der Waals surface area contributed by atoms with Gasteiger partial charge in [0.15, 0.2) is 0 Å². The fourth-order valence-corrected chi connectivity index (χ4v) is 4.31. The van der Waals surface area contributed by atoms with E-state index in [1.807, 2.05) is 0 Å². The van der Waals surface area contributed by atoms with Crippen molar-refractivity contribution in [1.29, 1.82) is 0 Å². The molecule has 2 aromatic rings. The second kappa shape index (κ2) is 5.79. The maximum atomic E-state index is 5.93. The van der Waals surface area contributed by atoms with Crippen molar-refractivity contribution in [2.24, 2.45) is 5.92 Å².